The second kappa shape index (κ2) is 9.64. The summed E-state index contributed by atoms with van der Waals surface area (Å²) in [5, 5.41) is 1.01. The van der Waals surface area contributed by atoms with E-state index in [1.54, 1.807) is 19.1 Å². The van der Waals surface area contributed by atoms with Crippen molar-refractivity contribution in [3.63, 3.8) is 0 Å². The summed E-state index contributed by atoms with van der Waals surface area (Å²) in [7, 11) is 0. The fraction of sp³-hybridized carbons (Fsp3) is 0.429. The summed E-state index contributed by atoms with van der Waals surface area (Å²) in [6.07, 6.45) is -1.50. The zero-order valence-electron chi connectivity index (χ0n) is 20.0. The van der Waals surface area contributed by atoms with Crippen LogP contribution in [0.25, 0.3) is 10.9 Å². The summed E-state index contributed by atoms with van der Waals surface area (Å²) in [6.45, 7) is 2.15. The van der Waals surface area contributed by atoms with Crippen molar-refractivity contribution < 1.29 is 32.2 Å². The third-order valence-electron chi connectivity index (χ3n) is 7.29. The highest BCUT2D eigenvalue weighted by Crippen LogP contribution is 2.42. The number of fused-ring (bicyclic) bond motifs is 3. The van der Waals surface area contributed by atoms with Crippen molar-refractivity contribution in [3.05, 3.63) is 64.3 Å². The first-order chi connectivity index (χ1) is 17.2. The molecular formula is C28H28F3NO4. The number of hydrogen-bond donors (Lipinski definition) is 1. The average molecular weight is 500 g/mol. The van der Waals surface area contributed by atoms with E-state index in [4.69, 9.17) is 9.47 Å². The summed E-state index contributed by atoms with van der Waals surface area (Å²) >= 11 is 0. The number of carbonyl (C=O) groups excluding carboxylic acids is 2. The summed E-state index contributed by atoms with van der Waals surface area (Å²) in [4.78, 5) is 27.0. The monoisotopic (exact) mass is 499 g/mol. The van der Waals surface area contributed by atoms with Crippen molar-refractivity contribution in [3.8, 4) is 5.75 Å². The number of nitrogens with one attached hydrogen (secondary N) is 1. The first-order valence-electron chi connectivity index (χ1n) is 12.4. The lowest BCUT2D eigenvalue weighted by atomic mass is 9.91. The van der Waals surface area contributed by atoms with Crippen molar-refractivity contribution in [2.45, 2.75) is 70.1 Å². The van der Waals surface area contributed by atoms with Gasteiger partial charge in [-0.3, -0.25) is 9.59 Å². The number of hydrogen-bond acceptors (Lipinski definition) is 4. The predicted octanol–water partition coefficient (Wildman–Crippen LogP) is 6.59. The van der Waals surface area contributed by atoms with E-state index in [-0.39, 0.29) is 42.2 Å². The van der Waals surface area contributed by atoms with Crippen LogP contribution in [0.4, 0.5) is 13.2 Å². The molecule has 2 aromatic carbocycles. The van der Waals surface area contributed by atoms with E-state index in [2.05, 4.69) is 4.98 Å². The number of aromatic nitrogens is 1. The molecule has 2 aliphatic rings. The minimum Gasteiger partial charge on any atom is -0.489 e. The molecular weight excluding hydrogens is 471 g/mol. The van der Waals surface area contributed by atoms with Crippen LogP contribution >= 0.6 is 0 Å². The van der Waals surface area contributed by atoms with E-state index in [9.17, 15) is 22.8 Å². The lowest BCUT2D eigenvalue weighted by Crippen LogP contribution is -2.12. The zero-order chi connectivity index (χ0) is 25.4. The maximum Gasteiger partial charge on any atom is 0.416 e. The quantitative estimate of drug-likeness (QED) is 0.373. The van der Waals surface area contributed by atoms with Crippen LogP contribution in [0.1, 0.15) is 78.8 Å². The number of rotatable bonds is 7. The minimum atomic E-state index is -4.50. The Morgan fingerprint density at radius 2 is 1.94 bits per heavy atom. The van der Waals surface area contributed by atoms with Gasteiger partial charge in [-0.25, -0.2) is 0 Å². The highest BCUT2D eigenvalue weighted by atomic mass is 19.4. The largest absolute Gasteiger partial charge is 0.489 e. The standard InChI is InChI=1S/C28H28F3NO4/c1-2-35-26(34)13-18-5-9-22-23-14-20(7-10-25(23)32-27(18)22)36-15-16-3-8-21(17-4-6-19(33)12-17)24(11-16)28(29,30)31/h3,7-8,10-11,14,17-18,32H,2,4-6,9,12-13,15H2,1H3. The van der Waals surface area contributed by atoms with Gasteiger partial charge >= 0.3 is 12.1 Å². The zero-order valence-corrected chi connectivity index (χ0v) is 20.0. The molecule has 2 unspecified atom stereocenters. The summed E-state index contributed by atoms with van der Waals surface area (Å²) < 4.78 is 52.4. The predicted molar refractivity (Wildman–Crippen MR) is 128 cm³/mol. The molecule has 2 atom stereocenters. The molecule has 5 nitrogen and oxygen atoms in total. The highest BCUT2D eigenvalue weighted by molar-refractivity contribution is 5.87. The van der Waals surface area contributed by atoms with Crippen LogP contribution in [0, 0.1) is 0 Å². The van der Waals surface area contributed by atoms with Crippen LogP contribution in [0.5, 0.6) is 5.75 Å². The lowest BCUT2D eigenvalue weighted by Gasteiger charge is -2.18. The molecule has 2 aliphatic carbocycles. The van der Waals surface area contributed by atoms with Gasteiger partial charge in [-0.1, -0.05) is 12.1 Å². The van der Waals surface area contributed by atoms with Gasteiger partial charge in [-0.2, -0.15) is 13.2 Å². The van der Waals surface area contributed by atoms with Crippen LogP contribution in [-0.2, 0) is 33.5 Å². The van der Waals surface area contributed by atoms with Gasteiger partial charge in [0.05, 0.1) is 18.6 Å². The molecule has 1 aromatic heterocycles. The van der Waals surface area contributed by atoms with Crippen LogP contribution < -0.4 is 4.74 Å². The first-order valence-corrected chi connectivity index (χ1v) is 12.4. The van der Waals surface area contributed by atoms with Gasteiger partial charge in [0.25, 0.3) is 0 Å². The molecule has 1 heterocycles. The summed E-state index contributed by atoms with van der Waals surface area (Å²) in [5.74, 6) is 0.0819. The third kappa shape index (κ3) is 4.86. The van der Waals surface area contributed by atoms with Gasteiger partial charge < -0.3 is 14.5 Å². The van der Waals surface area contributed by atoms with E-state index >= 15 is 0 Å². The number of alkyl halides is 3. The minimum absolute atomic E-state index is 0.00341. The molecule has 0 aliphatic heterocycles. The molecule has 36 heavy (non-hydrogen) atoms. The smallest absolute Gasteiger partial charge is 0.416 e. The lowest BCUT2D eigenvalue weighted by molar-refractivity contribution is -0.143. The molecule has 5 rings (SSSR count). The maximum atomic E-state index is 13.8. The Kier molecular flexibility index (Phi) is 6.53. The SMILES string of the molecule is CCOC(=O)CC1CCc2c1[nH]c1ccc(OCc3ccc(C4CCC(=O)C4)c(C(F)(F)F)c3)cc21. The van der Waals surface area contributed by atoms with Gasteiger partial charge in [-0.15, -0.1) is 0 Å². The number of ether oxygens (including phenoxy) is 2. The Bertz CT molecular complexity index is 1310. The van der Waals surface area contributed by atoms with E-state index in [0.717, 1.165) is 41.1 Å². The number of benzene rings is 2. The fourth-order valence-corrected chi connectivity index (χ4v) is 5.58. The summed E-state index contributed by atoms with van der Waals surface area (Å²) in [5.41, 5.74) is 3.07. The van der Waals surface area contributed by atoms with Crippen LogP contribution in [0.2, 0.25) is 0 Å². The molecule has 190 valence electrons. The third-order valence-corrected chi connectivity index (χ3v) is 7.29. The number of H-pyrrole nitrogens is 1. The molecule has 0 radical (unpaired) electrons. The molecule has 0 amide bonds. The highest BCUT2D eigenvalue weighted by Gasteiger charge is 2.37. The van der Waals surface area contributed by atoms with Crippen LogP contribution in [0.3, 0.4) is 0 Å². The molecule has 0 spiro atoms. The molecule has 0 saturated heterocycles. The van der Waals surface area contributed by atoms with Crippen molar-refractivity contribution in [2.75, 3.05) is 6.61 Å². The summed E-state index contributed by atoms with van der Waals surface area (Å²) in [6, 6.07) is 9.88. The Balaban J connectivity index is 1.33. The van der Waals surface area contributed by atoms with Crippen molar-refractivity contribution in [1.29, 1.82) is 0 Å². The van der Waals surface area contributed by atoms with Crippen molar-refractivity contribution >= 4 is 22.7 Å². The van der Waals surface area contributed by atoms with Gasteiger partial charge in [0.2, 0.25) is 0 Å². The fourth-order valence-electron chi connectivity index (χ4n) is 5.58. The number of esters is 1. The van der Waals surface area contributed by atoms with E-state index < -0.39 is 11.7 Å². The molecule has 1 fully saturated rings. The number of ketones is 1. The number of Topliss-reactive ketones (excluding diaryl/α,β-unsaturated/α-hetero) is 1. The number of carbonyl (C=O) groups is 2. The Hall–Kier alpha value is -3.29. The maximum absolute atomic E-state index is 13.8. The first kappa shape index (κ1) is 24.4. The molecule has 0 bridgehead atoms. The van der Waals surface area contributed by atoms with E-state index in [0.29, 0.717) is 37.2 Å². The number of aromatic amines is 1. The Morgan fingerprint density at radius 3 is 2.67 bits per heavy atom. The van der Waals surface area contributed by atoms with Crippen LogP contribution in [-0.4, -0.2) is 23.3 Å². The number of halogens is 3. The van der Waals surface area contributed by atoms with Gasteiger partial charge in [-0.05, 0) is 73.1 Å². The molecule has 1 N–H and O–H groups in total. The van der Waals surface area contributed by atoms with Crippen molar-refractivity contribution in [2.24, 2.45) is 0 Å². The normalized spacial score (nSPS) is 19.6. The molecule has 8 heteroatoms. The Labute approximate surface area is 207 Å². The second-order valence-electron chi connectivity index (χ2n) is 9.66. The molecule has 1 saturated carbocycles. The van der Waals surface area contributed by atoms with Gasteiger partial charge in [0.15, 0.2) is 0 Å². The van der Waals surface area contributed by atoms with Gasteiger partial charge in [0, 0.05) is 35.4 Å². The average Bonchev–Trinajstić information content (AvgIpc) is 3.53. The van der Waals surface area contributed by atoms with Gasteiger partial charge in [0.1, 0.15) is 18.1 Å². The number of aryl methyl sites for hydroxylation is 1. The Morgan fingerprint density at radius 1 is 1.11 bits per heavy atom. The van der Waals surface area contributed by atoms with E-state index in [1.165, 1.54) is 6.07 Å². The second-order valence-corrected chi connectivity index (χ2v) is 9.66. The molecule has 3 aromatic rings. The van der Waals surface area contributed by atoms with Crippen molar-refractivity contribution in [1.82, 2.24) is 4.98 Å². The van der Waals surface area contributed by atoms with E-state index in [1.807, 2.05) is 12.1 Å². The topological polar surface area (TPSA) is 68.4 Å². The van der Waals surface area contributed by atoms with Crippen LogP contribution in [0.15, 0.2) is 36.4 Å².